The molecule has 0 spiro atoms. The number of benzene rings is 2. The van der Waals surface area contributed by atoms with E-state index in [1.165, 1.54) is 6.07 Å². The molecule has 7 nitrogen and oxygen atoms in total. The Labute approximate surface area is 182 Å². The van der Waals surface area contributed by atoms with Gasteiger partial charge >= 0.3 is 0 Å². The zero-order chi connectivity index (χ0) is 21.3. The zero-order valence-electron chi connectivity index (χ0n) is 15.6. The summed E-state index contributed by atoms with van der Waals surface area (Å²) < 4.78 is 5.70. The average molecular weight is 443 g/mol. The molecule has 1 atom stereocenters. The zero-order valence-corrected chi connectivity index (χ0v) is 17.1. The van der Waals surface area contributed by atoms with Gasteiger partial charge in [-0.1, -0.05) is 29.3 Å². The van der Waals surface area contributed by atoms with Crippen LogP contribution in [0.2, 0.25) is 10.0 Å². The molecular weight excluding hydrogens is 427 g/mol. The molecule has 9 heteroatoms. The molecule has 1 aliphatic rings. The fourth-order valence-corrected chi connectivity index (χ4v) is 3.35. The van der Waals surface area contributed by atoms with Gasteiger partial charge in [-0.3, -0.25) is 9.59 Å². The quantitative estimate of drug-likeness (QED) is 0.605. The fraction of sp³-hybridized carbons (Fsp3) is 0.238. The summed E-state index contributed by atoms with van der Waals surface area (Å²) in [6.07, 6.45) is 1.16. The van der Waals surface area contributed by atoms with Crippen molar-refractivity contribution < 1.29 is 14.0 Å². The van der Waals surface area contributed by atoms with E-state index in [9.17, 15) is 14.9 Å². The molecule has 1 heterocycles. The summed E-state index contributed by atoms with van der Waals surface area (Å²) in [4.78, 5) is 29.9. The monoisotopic (exact) mass is 442 g/mol. The summed E-state index contributed by atoms with van der Waals surface area (Å²) >= 11 is 11.9. The number of carbonyl (C=O) groups excluding carboxylic acids is 2. The highest BCUT2D eigenvalue weighted by Gasteiger charge is 2.45. The molecule has 0 unspecified atom stereocenters. The van der Waals surface area contributed by atoms with Crippen molar-refractivity contribution in [3.63, 3.8) is 0 Å². The highest BCUT2D eigenvalue weighted by molar-refractivity contribution is 6.31. The van der Waals surface area contributed by atoms with E-state index >= 15 is 0 Å². The number of fused-ring (bicyclic) bond motifs is 1. The van der Waals surface area contributed by atoms with Crippen molar-refractivity contribution in [2.45, 2.75) is 30.8 Å². The second-order valence-electron chi connectivity index (χ2n) is 7.14. The lowest BCUT2D eigenvalue weighted by Crippen LogP contribution is -2.51. The van der Waals surface area contributed by atoms with E-state index in [-0.39, 0.29) is 12.3 Å². The number of rotatable bonds is 6. The second-order valence-corrected chi connectivity index (χ2v) is 8.02. The van der Waals surface area contributed by atoms with E-state index in [0.29, 0.717) is 39.6 Å². The lowest BCUT2D eigenvalue weighted by molar-refractivity contribution is -0.123. The Morgan fingerprint density at radius 1 is 1.20 bits per heavy atom. The molecule has 1 fully saturated rings. The molecule has 2 aromatic carbocycles. The fourth-order valence-electron chi connectivity index (χ4n) is 3.00. The minimum atomic E-state index is -0.995. The molecule has 0 bridgehead atoms. The van der Waals surface area contributed by atoms with Crippen LogP contribution in [0.4, 0.5) is 0 Å². The Hall–Kier alpha value is -3.08. The SMILES string of the molecule is N#CC1(NC(=O)[C@H](Cc2nc3ccc(Cl)cc3o2)NC(=O)c2cccc(Cl)c2)CC1. The molecular formula is C21H16Cl2N4O3. The van der Waals surface area contributed by atoms with Gasteiger partial charge in [-0.15, -0.1) is 0 Å². The summed E-state index contributed by atoms with van der Waals surface area (Å²) in [6, 6.07) is 12.5. The Morgan fingerprint density at radius 2 is 1.97 bits per heavy atom. The van der Waals surface area contributed by atoms with Crippen LogP contribution in [0.5, 0.6) is 0 Å². The molecule has 0 saturated heterocycles. The summed E-state index contributed by atoms with van der Waals surface area (Å²) in [7, 11) is 0. The van der Waals surface area contributed by atoms with Gasteiger partial charge in [0.05, 0.1) is 12.5 Å². The Kier molecular flexibility index (Phi) is 5.37. The summed E-state index contributed by atoms with van der Waals surface area (Å²) in [5.41, 5.74) is 0.510. The van der Waals surface area contributed by atoms with Crippen LogP contribution in [0.3, 0.4) is 0 Å². The van der Waals surface area contributed by atoms with Crippen LogP contribution in [0.15, 0.2) is 46.9 Å². The number of halogens is 2. The van der Waals surface area contributed by atoms with E-state index in [4.69, 9.17) is 27.6 Å². The lowest BCUT2D eigenvalue weighted by Gasteiger charge is -2.19. The van der Waals surface area contributed by atoms with Crippen molar-refractivity contribution in [3.05, 3.63) is 64.0 Å². The lowest BCUT2D eigenvalue weighted by atomic mass is 10.1. The van der Waals surface area contributed by atoms with E-state index in [2.05, 4.69) is 21.7 Å². The molecule has 4 rings (SSSR count). The van der Waals surface area contributed by atoms with Gasteiger partial charge in [0.1, 0.15) is 17.1 Å². The number of carbonyl (C=O) groups is 2. The maximum absolute atomic E-state index is 12.9. The molecule has 2 amide bonds. The third kappa shape index (κ3) is 4.40. The number of amides is 2. The van der Waals surface area contributed by atoms with Crippen LogP contribution >= 0.6 is 23.2 Å². The first kappa shape index (κ1) is 20.2. The number of hydrogen-bond acceptors (Lipinski definition) is 5. The first-order chi connectivity index (χ1) is 14.4. The average Bonchev–Trinajstić information content (AvgIpc) is 3.38. The van der Waals surface area contributed by atoms with Gasteiger partial charge in [0, 0.05) is 21.7 Å². The Bertz CT molecular complexity index is 1180. The van der Waals surface area contributed by atoms with Crippen molar-refractivity contribution in [2.75, 3.05) is 0 Å². The number of nitriles is 1. The topological polar surface area (TPSA) is 108 Å². The van der Waals surface area contributed by atoms with Gasteiger partial charge in [-0.25, -0.2) is 4.98 Å². The molecule has 1 aliphatic carbocycles. The van der Waals surface area contributed by atoms with E-state index in [1.807, 2.05) is 0 Å². The van der Waals surface area contributed by atoms with Gasteiger partial charge in [0.2, 0.25) is 5.91 Å². The second kappa shape index (κ2) is 7.98. The van der Waals surface area contributed by atoms with Gasteiger partial charge in [0.15, 0.2) is 11.5 Å². The molecule has 0 aliphatic heterocycles. The molecule has 0 radical (unpaired) electrons. The first-order valence-electron chi connectivity index (χ1n) is 9.22. The molecule has 2 N–H and O–H groups in total. The van der Waals surface area contributed by atoms with Gasteiger partial charge in [-0.05, 0) is 43.2 Å². The predicted octanol–water partition coefficient (Wildman–Crippen LogP) is 3.65. The highest BCUT2D eigenvalue weighted by atomic mass is 35.5. The molecule has 3 aromatic rings. The Morgan fingerprint density at radius 3 is 2.67 bits per heavy atom. The smallest absolute Gasteiger partial charge is 0.251 e. The van der Waals surface area contributed by atoms with Crippen molar-refractivity contribution in [1.82, 2.24) is 15.6 Å². The van der Waals surface area contributed by atoms with Crippen LogP contribution in [-0.4, -0.2) is 28.4 Å². The molecule has 30 heavy (non-hydrogen) atoms. The van der Waals surface area contributed by atoms with E-state index in [1.54, 1.807) is 36.4 Å². The summed E-state index contributed by atoms with van der Waals surface area (Å²) in [5.74, 6) is -0.691. The van der Waals surface area contributed by atoms with Crippen LogP contribution in [0, 0.1) is 11.3 Å². The third-order valence-corrected chi connectivity index (χ3v) is 5.28. The number of nitrogens with one attached hydrogen (secondary N) is 2. The normalized spacial score (nSPS) is 15.2. The maximum atomic E-state index is 12.9. The van der Waals surface area contributed by atoms with E-state index < -0.39 is 23.4 Å². The minimum Gasteiger partial charge on any atom is -0.441 e. The summed E-state index contributed by atoms with van der Waals surface area (Å²) in [6.45, 7) is 0. The summed E-state index contributed by atoms with van der Waals surface area (Å²) in [5, 5.41) is 15.6. The third-order valence-electron chi connectivity index (χ3n) is 4.81. The number of nitrogens with zero attached hydrogens (tertiary/aromatic N) is 2. The Balaban J connectivity index is 1.58. The predicted molar refractivity (Wildman–Crippen MR) is 111 cm³/mol. The van der Waals surface area contributed by atoms with Gasteiger partial charge in [-0.2, -0.15) is 5.26 Å². The maximum Gasteiger partial charge on any atom is 0.251 e. The van der Waals surface area contributed by atoms with E-state index in [0.717, 1.165) is 0 Å². The van der Waals surface area contributed by atoms with Gasteiger partial charge < -0.3 is 15.1 Å². The van der Waals surface area contributed by atoms with Crippen LogP contribution in [-0.2, 0) is 11.2 Å². The first-order valence-corrected chi connectivity index (χ1v) is 9.98. The minimum absolute atomic E-state index is 0.00590. The number of aromatic nitrogens is 1. The van der Waals surface area contributed by atoms with Gasteiger partial charge in [0.25, 0.3) is 5.91 Å². The van der Waals surface area contributed by atoms with Crippen molar-refractivity contribution in [1.29, 1.82) is 5.26 Å². The standard InChI is InChI=1S/C21H16Cl2N4O3/c22-13-3-1-2-12(8-13)19(28)26-16(20(29)27-21(11-24)6-7-21)10-18-25-15-5-4-14(23)9-17(15)30-18/h1-5,8-9,16H,6-7,10H2,(H,26,28)(H,27,29)/t16-/m0/s1. The van der Waals surface area contributed by atoms with Crippen LogP contribution < -0.4 is 10.6 Å². The molecule has 1 aromatic heterocycles. The molecule has 1 saturated carbocycles. The van der Waals surface area contributed by atoms with Crippen LogP contribution in [0.25, 0.3) is 11.1 Å². The van der Waals surface area contributed by atoms with Crippen molar-refractivity contribution in [3.8, 4) is 6.07 Å². The molecule has 152 valence electrons. The highest BCUT2D eigenvalue weighted by Crippen LogP contribution is 2.34. The van der Waals surface area contributed by atoms with Crippen molar-refractivity contribution in [2.24, 2.45) is 0 Å². The number of hydrogen-bond donors (Lipinski definition) is 2. The number of oxazole rings is 1. The van der Waals surface area contributed by atoms with Crippen molar-refractivity contribution >= 4 is 46.1 Å². The van der Waals surface area contributed by atoms with Crippen LogP contribution in [0.1, 0.15) is 29.1 Å². The largest absolute Gasteiger partial charge is 0.441 e.